The van der Waals surface area contributed by atoms with Gasteiger partial charge in [-0.3, -0.25) is 0 Å². The maximum atomic E-state index is 9.17. The minimum atomic E-state index is 0.168. The molecule has 3 heterocycles. The standard InChI is InChI=1S/C17H15N5O/c18-6-11-2-1-3-13-14(8-22-17(11)13)15-9-21-16(10-20-15)23-12-4-5-19-7-12/h1-3,8-10,12,19,22H,4-5,7H2. The second-order valence-corrected chi connectivity index (χ2v) is 5.51. The van der Waals surface area contributed by atoms with Crippen LogP contribution in [-0.4, -0.2) is 34.1 Å². The van der Waals surface area contributed by atoms with Crippen molar-refractivity contribution >= 4 is 10.9 Å². The summed E-state index contributed by atoms with van der Waals surface area (Å²) < 4.78 is 5.78. The van der Waals surface area contributed by atoms with E-state index in [9.17, 15) is 0 Å². The molecule has 4 rings (SSSR count). The number of H-pyrrole nitrogens is 1. The second kappa shape index (κ2) is 5.71. The molecular formula is C17H15N5O. The van der Waals surface area contributed by atoms with Crippen molar-refractivity contribution < 1.29 is 4.74 Å². The highest BCUT2D eigenvalue weighted by atomic mass is 16.5. The van der Waals surface area contributed by atoms with E-state index in [2.05, 4.69) is 26.3 Å². The second-order valence-electron chi connectivity index (χ2n) is 5.51. The molecule has 1 fully saturated rings. The molecule has 1 unspecified atom stereocenters. The summed E-state index contributed by atoms with van der Waals surface area (Å²) in [4.78, 5) is 12.0. The van der Waals surface area contributed by atoms with E-state index >= 15 is 0 Å². The van der Waals surface area contributed by atoms with E-state index in [1.54, 1.807) is 18.5 Å². The minimum absolute atomic E-state index is 0.168. The minimum Gasteiger partial charge on any atom is -0.472 e. The Morgan fingerprint density at radius 1 is 1.26 bits per heavy atom. The predicted octanol–water partition coefficient (Wildman–Crippen LogP) is 2.24. The van der Waals surface area contributed by atoms with Gasteiger partial charge in [-0.1, -0.05) is 12.1 Å². The molecule has 6 heteroatoms. The van der Waals surface area contributed by atoms with Crippen molar-refractivity contribution in [1.82, 2.24) is 20.3 Å². The number of nitrogens with one attached hydrogen (secondary N) is 2. The first-order chi connectivity index (χ1) is 11.3. The van der Waals surface area contributed by atoms with Crippen molar-refractivity contribution in [3.8, 4) is 23.2 Å². The Labute approximate surface area is 133 Å². The van der Waals surface area contributed by atoms with E-state index in [-0.39, 0.29) is 6.10 Å². The molecular weight excluding hydrogens is 290 g/mol. The number of hydrogen-bond donors (Lipinski definition) is 2. The van der Waals surface area contributed by atoms with Crippen LogP contribution in [0.15, 0.2) is 36.8 Å². The zero-order chi connectivity index (χ0) is 15.6. The summed E-state index contributed by atoms with van der Waals surface area (Å²) in [5.74, 6) is 0.542. The molecule has 0 spiro atoms. The lowest BCUT2D eigenvalue weighted by Crippen LogP contribution is -2.20. The molecule has 1 atom stereocenters. The molecule has 1 saturated heterocycles. The van der Waals surface area contributed by atoms with Crippen molar-refractivity contribution in [2.24, 2.45) is 0 Å². The van der Waals surface area contributed by atoms with E-state index in [0.717, 1.165) is 41.7 Å². The zero-order valence-corrected chi connectivity index (χ0v) is 12.4. The highest BCUT2D eigenvalue weighted by Crippen LogP contribution is 2.29. The topological polar surface area (TPSA) is 86.6 Å². The van der Waals surface area contributed by atoms with Crippen molar-refractivity contribution in [1.29, 1.82) is 5.26 Å². The van der Waals surface area contributed by atoms with Gasteiger partial charge in [0.25, 0.3) is 0 Å². The highest BCUT2D eigenvalue weighted by Gasteiger charge is 2.17. The lowest BCUT2D eigenvalue weighted by Gasteiger charge is -2.10. The van der Waals surface area contributed by atoms with Crippen LogP contribution in [0, 0.1) is 11.3 Å². The van der Waals surface area contributed by atoms with Gasteiger partial charge in [0.1, 0.15) is 12.2 Å². The van der Waals surface area contributed by atoms with E-state index < -0.39 is 0 Å². The van der Waals surface area contributed by atoms with Crippen molar-refractivity contribution in [2.75, 3.05) is 13.1 Å². The number of fused-ring (bicyclic) bond motifs is 1. The highest BCUT2D eigenvalue weighted by molar-refractivity contribution is 5.97. The Morgan fingerprint density at radius 3 is 2.96 bits per heavy atom. The van der Waals surface area contributed by atoms with Crippen molar-refractivity contribution in [3.63, 3.8) is 0 Å². The first-order valence-electron chi connectivity index (χ1n) is 7.55. The predicted molar refractivity (Wildman–Crippen MR) is 85.9 cm³/mol. The number of para-hydroxylation sites is 1. The summed E-state index contributed by atoms with van der Waals surface area (Å²) in [7, 11) is 0. The van der Waals surface area contributed by atoms with Crippen LogP contribution in [0.1, 0.15) is 12.0 Å². The maximum absolute atomic E-state index is 9.17. The van der Waals surface area contributed by atoms with Crippen LogP contribution >= 0.6 is 0 Å². The molecule has 6 nitrogen and oxygen atoms in total. The third-order valence-electron chi connectivity index (χ3n) is 4.04. The molecule has 23 heavy (non-hydrogen) atoms. The third kappa shape index (κ3) is 2.51. The van der Waals surface area contributed by atoms with Gasteiger partial charge >= 0.3 is 0 Å². The first kappa shape index (κ1) is 13.7. The van der Waals surface area contributed by atoms with E-state index in [4.69, 9.17) is 10.00 Å². The molecule has 0 aliphatic carbocycles. The molecule has 0 amide bonds. The molecule has 0 radical (unpaired) electrons. The molecule has 0 saturated carbocycles. The first-order valence-corrected chi connectivity index (χ1v) is 7.55. The number of benzene rings is 1. The third-order valence-corrected chi connectivity index (χ3v) is 4.04. The molecule has 2 N–H and O–H groups in total. The monoisotopic (exact) mass is 305 g/mol. The Morgan fingerprint density at radius 2 is 2.22 bits per heavy atom. The van der Waals surface area contributed by atoms with Gasteiger partial charge in [0, 0.05) is 23.7 Å². The van der Waals surface area contributed by atoms with Gasteiger partial charge in [0.2, 0.25) is 5.88 Å². The Bertz CT molecular complexity index is 872. The molecule has 0 bridgehead atoms. The van der Waals surface area contributed by atoms with Crippen LogP contribution in [0.3, 0.4) is 0 Å². The van der Waals surface area contributed by atoms with Crippen LogP contribution in [0.2, 0.25) is 0 Å². The van der Waals surface area contributed by atoms with Gasteiger partial charge in [-0.15, -0.1) is 0 Å². The fourth-order valence-corrected chi connectivity index (χ4v) is 2.88. The number of nitrogens with zero attached hydrogens (tertiary/aromatic N) is 3. The van der Waals surface area contributed by atoms with Crippen LogP contribution in [0.5, 0.6) is 5.88 Å². The van der Waals surface area contributed by atoms with Crippen molar-refractivity contribution in [3.05, 3.63) is 42.4 Å². The van der Waals surface area contributed by atoms with Crippen molar-refractivity contribution in [2.45, 2.75) is 12.5 Å². The number of aromatic amines is 1. The number of rotatable bonds is 3. The number of hydrogen-bond acceptors (Lipinski definition) is 5. The van der Waals surface area contributed by atoms with Crippen LogP contribution < -0.4 is 10.1 Å². The summed E-state index contributed by atoms with van der Waals surface area (Å²) in [6.45, 7) is 1.83. The molecule has 3 aromatic rings. The summed E-state index contributed by atoms with van der Waals surface area (Å²) in [5.41, 5.74) is 3.13. The van der Waals surface area contributed by atoms with Crippen LogP contribution in [-0.2, 0) is 0 Å². The largest absolute Gasteiger partial charge is 0.472 e. The Hall–Kier alpha value is -2.91. The van der Waals surface area contributed by atoms with Gasteiger partial charge in [-0.2, -0.15) is 5.26 Å². The van der Waals surface area contributed by atoms with E-state index in [1.165, 1.54) is 0 Å². The smallest absolute Gasteiger partial charge is 0.232 e. The van der Waals surface area contributed by atoms with Crippen LogP contribution in [0.25, 0.3) is 22.2 Å². The molecule has 114 valence electrons. The van der Waals surface area contributed by atoms with Gasteiger partial charge < -0.3 is 15.0 Å². The molecule has 1 aromatic carbocycles. The zero-order valence-electron chi connectivity index (χ0n) is 12.4. The SMILES string of the molecule is N#Cc1cccc2c(-c3cnc(OC4CCNC4)cn3)c[nH]c12. The summed E-state index contributed by atoms with van der Waals surface area (Å²) in [6.07, 6.45) is 6.38. The van der Waals surface area contributed by atoms with Gasteiger partial charge in [0.15, 0.2) is 0 Å². The molecule has 1 aliphatic heterocycles. The number of nitriles is 1. The molecule has 2 aromatic heterocycles. The van der Waals surface area contributed by atoms with Gasteiger partial charge in [-0.25, -0.2) is 9.97 Å². The fraction of sp³-hybridized carbons (Fsp3) is 0.235. The summed E-state index contributed by atoms with van der Waals surface area (Å²) >= 11 is 0. The van der Waals surface area contributed by atoms with Gasteiger partial charge in [0.05, 0.1) is 29.2 Å². The van der Waals surface area contributed by atoms with Crippen LogP contribution in [0.4, 0.5) is 0 Å². The maximum Gasteiger partial charge on any atom is 0.232 e. The average molecular weight is 305 g/mol. The van der Waals surface area contributed by atoms with Gasteiger partial charge in [-0.05, 0) is 19.0 Å². The Balaban J connectivity index is 1.64. The lowest BCUT2D eigenvalue weighted by atomic mass is 10.1. The fourth-order valence-electron chi connectivity index (χ4n) is 2.88. The number of ether oxygens (including phenoxy) is 1. The normalized spacial score (nSPS) is 17.3. The molecule has 1 aliphatic rings. The lowest BCUT2D eigenvalue weighted by molar-refractivity contribution is 0.213. The van der Waals surface area contributed by atoms with E-state index in [1.807, 2.05) is 18.3 Å². The average Bonchev–Trinajstić information content (AvgIpc) is 3.25. The summed E-state index contributed by atoms with van der Waals surface area (Å²) in [6, 6.07) is 7.83. The van der Waals surface area contributed by atoms with E-state index in [0.29, 0.717) is 11.4 Å². The summed E-state index contributed by atoms with van der Waals surface area (Å²) in [5, 5.41) is 13.4. The quantitative estimate of drug-likeness (QED) is 0.775. The number of aromatic nitrogens is 3. The Kier molecular flexibility index (Phi) is 3.41.